The molecule has 1 atom stereocenters. The molecular formula is C15H22N2O4. The summed E-state index contributed by atoms with van der Waals surface area (Å²) in [6, 6.07) is 7.30. The summed E-state index contributed by atoms with van der Waals surface area (Å²) in [6.45, 7) is 3.71. The van der Waals surface area contributed by atoms with Crippen LogP contribution in [0.1, 0.15) is 19.4 Å². The van der Waals surface area contributed by atoms with Crippen molar-refractivity contribution in [3.05, 3.63) is 29.8 Å². The number of hydrogen-bond acceptors (Lipinski definition) is 4. The molecule has 0 fully saturated rings. The molecule has 0 saturated carbocycles. The lowest BCUT2D eigenvalue weighted by Crippen LogP contribution is -2.47. The number of likely N-dealkylation sites (N-methyl/N-ethyl adjacent to an activating group) is 1. The fourth-order valence-corrected chi connectivity index (χ4v) is 1.84. The second kappa shape index (κ2) is 7.64. The van der Waals surface area contributed by atoms with E-state index in [0.717, 1.165) is 11.3 Å². The van der Waals surface area contributed by atoms with Gasteiger partial charge in [0.05, 0.1) is 12.7 Å². The van der Waals surface area contributed by atoms with E-state index in [9.17, 15) is 14.7 Å². The Morgan fingerprint density at radius 3 is 2.29 bits per heavy atom. The van der Waals surface area contributed by atoms with E-state index in [1.54, 1.807) is 33.1 Å². The Hall–Kier alpha value is -2.08. The number of methoxy groups -OCH3 is 1. The topological polar surface area (TPSA) is 87.7 Å². The Labute approximate surface area is 124 Å². The van der Waals surface area contributed by atoms with Crippen molar-refractivity contribution in [2.24, 2.45) is 0 Å². The van der Waals surface area contributed by atoms with Crippen molar-refractivity contribution in [1.82, 2.24) is 10.6 Å². The molecule has 1 rings (SSSR count). The maximum absolute atomic E-state index is 11.5. The van der Waals surface area contributed by atoms with Crippen molar-refractivity contribution in [3.8, 4) is 5.75 Å². The first-order chi connectivity index (χ1) is 9.88. The number of hydrogen-bond donors (Lipinski definition) is 3. The highest BCUT2D eigenvalue weighted by Gasteiger charge is 2.23. The zero-order valence-electron chi connectivity index (χ0n) is 12.6. The molecular weight excluding hydrogens is 272 g/mol. The molecule has 0 saturated heterocycles. The molecule has 0 radical (unpaired) electrons. The van der Waals surface area contributed by atoms with Crippen LogP contribution in [0, 0.1) is 0 Å². The molecule has 3 N–H and O–H groups in total. The van der Waals surface area contributed by atoms with Gasteiger partial charge in [-0.1, -0.05) is 12.1 Å². The minimum atomic E-state index is -1.14. The van der Waals surface area contributed by atoms with Gasteiger partial charge in [-0.3, -0.25) is 9.59 Å². The van der Waals surface area contributed by atoms with Crippen LogP contribution in [0.25, 0.3) is 0 Å². The van der Waals surface area contributed by atoms with Crippen molar-refractivity contribution < 1.29 is 19.4 Å². The van der Waals surface area contributed by atoms with Crippen molar-refractivity contribution >= 4 is 11.8 Å². The van der Waals surface area contributed by atoms with Crippen LogP contribution >= 0.6 is 0 Å². The van der Waals surface area contributed by atoms with Crippen LogP contribution in [0.5, 0.6) is 5.75 Å². The van der Waals surface area contributed by atoms with E-state index in [1.807, 2.05) is 12.1 Å². The summed E-state index contributed by atoms with van der Waals surface area (Å²) >= 11 is 0. The monoisotopic (exact) mass is 294 g/mol. The number of amides is 2. The molecule has 1 aromatic rings. The number of carbonyl (C=O) groups is 2. The second-order valence-corrected chi connectivity index (χ2v) is 5.06. The van der Waals surface area contributed by atoms with Gasteiger partial charge in [-0.25, -0.2) is 0 Å². The SMILES string of the molecule is CCNC(=O)C(=O)NCC(C)(O)Cc1ccc(OC)cc1. The minimum Gasteiger partial charge on any atom is -0.497 e. The van der Waals surface area contributed by atoms with Crippen molar-refractivity contribution in [3.63, 3.8) is 0 Å². The van der Waals surface area contributed by atoms with E-state index < -0.39 is 17.4 Å². The molecule has 0 aromatic heterocycles. The summed E-state index contributed by atoms with van der Waals surface area (Å²) in [5.74, 6) is -0.701. The zero-order chi connectivity index (χ0) is 15.9. The smallest absolute Gasteiger partial charge is 0.309 e. The van der Waals surface area contributed by atoms with Crippen LogP contribution in [0.4, 0.5) is 0 Å². The number of carbonyl (C=O) groups excluding carboxylic acids is 2. The quantitative estimate of drug-likeness (QED) is 0.656. The van der Waals surface area contributed by atoms with Gasteiger partial charge in [0.15, 0.2) is 0 Å². The van der Waals surface area contributed by atoms with E-state index >= 15 is 0 Å². The molecule has 116 valence electrons. The van der Waals surface area contributed by atoms with Gasteiger partial charge in [-0.2, -0.15) is 0 Å². The number of nitrogens with one attached hydrogen (secondary N) is 2. The predicted molar refractivity (Wildman–Crippen MR) is 79.0 cm³/mol. The lowest BCUT2D eigenvalue weighted by molar-refractivity contribution is -0.139. The minimum absolute atomic E-state index is 0.00496. The van der Waals surface area contributed by atoms with Gasteiger partial charge >= 0.3 is 11.8 Å². The lowest BCUT2D eigenvalue weighted by Gasteiger charge is -2.23. The van der Waals surface area contributed by atoms with E-state index in [2.05, 4.69) is 10.6 Å². The molecule has 6 heteroatoms. The molecule has 2 amide bonds. The first-order valence-electron chi connectivity index (χ1n) is 6.79. The molecule has 0 heterocycles. The predicted octanol–water partition coefficient (Wildman–Crippen LogP) is 0.241. The van der Waals surface area contributed by atoms with Crippen LogP contribution in [0.2, 0.25) is 0 Å². The molecule has 1 aromatic carbocycles. The fraction of sp³-hybridized carbons (Fsp3) is 0.467. The van der Waals surface area contributed by atoms with Crippen molar-refractivity contribution in [2.75, 3.05) is 20.2 Å². The molecule has 0 spiro atoms. The highest BCUT2D eigenvalue weighted by Crippen LogP contribution is 2.16. The van der Waals surface area contributed by atoms with Gasteiger partial charge in [-0.15, -0.1) is 0 Å². The van der Waals surface area contributed by atoms with Gasteiger partial charge in [0.1, 0.15) is 5.75 Å². The van der Waals surface area contributed by atoms with Crippen molar-refractivity contribution in [1.29, 1.82) is 0 Å². The number of aliphatic hydroxyl groups is 1. The summed E-state index contributed by atoms with van der Waals surface area (Å²) in [5, 5.41) is 15.1. The molecule has 0 aliphatic rings. The van der Waals surface area contributed by atoms with Gasteiger partial charge in [0, 0.05) is 19.5 Å². The molecule has 0 aliphatic heterocycles. The van der Waals surface area contributed by atoms with Gasteiger partial charge in [-0.05, 0) is 31.5 Å². The normalized spacial score (nSPS) is 13.1. The molecule has 0 bridgehead atoms. The molecule has 0 aliphatic carbocycles. The van der Waals surface area contributed by atoms with Crippen LogP contribution < -0.4 is 15.4 Å². The maximum Gasteiger partial charge on any atom is 0.309 e. The standard InChI is InChI=1S/C15H22N2O4/c1-4-16-13(18)14(19)17-10-15(2,20)9-11-5-7-12(21-3)8-6-11/h5-8,20H,4,9-10H2,1-3H3,(H,16,18)(H,17,19). The van der Waals surface area contributed by atoms with E-state index in [0.29, 0.717) is 13.0 Å². The second-order valence-electron chi connectivity index (χ2n) is 5.06. The fourth-order valence-electron chi connectivity index (χ4n) is 1.84. The zero-order valence-corrected chi connectivity index (χ0v) is 12.6. The van der Waals surface area contributed by atoms with E-state index in [1.165, 1.54) is 0 Å². The Morgan fingerprint density at radius 2 is 1.76 bits per heavy atom. The molecule has 6 nitrogen and oxygen atoms in total. The highest BCUT2D eigenvalue weighted by atomic mass is 16.5. The van der Waals surface area contributed by atoms with Gasteiger partial charge < -0.3 is 20.5 Å². The number of rotatable bonds is 6. The number of ether oxygens (including phenoxy) is 1. The lowest BCUT2D eigenvalue weighted by atomic mass is 9.96. The third-order valence-electron chi connectivity index (χ3n) is 2.92. The maximum atomic E-state index is 11.5. The Balaban J connectivity index is 2.52. The Morgan fingerprint density at radius 1 is 1.19 bits per heavy atom. The van der Waals surface area contributed by atoms with E-state index in [4.69, 9.17) is 4.74 Å². The van der Waals surface area contributed by atoms with Gasteiger partial charge in [0.25, 0.3) is 0 Å². The van der Waals surface area contributed by atoms with Crippen LogP contribution in [-0.2, 0) is 16.0 Å². The summed E-state index contributed by atoms with van der Waals surface area (Å²) in [6.07, 6.45) is 0.354. The largest absolute Gasteiger partial charge is 0.497 e. The summed E-state index contributed by atoms with van der Waals surface area (Å²) in [7, 11) is 1.59. The van der Waals surface area contributed by atoms with Crippen LogP contribution in [0.3, 0.4) is 0 Å². The first-order valence-corrected chi connectivity index (χ1v) is 6.79. The van der Waals surface area contributed by atoms with E-state index in [-0.39, 0.29) is 6.54 Å². The summed E-state index contributed by atoms with van der Waals surface area (Å²) < 4.78 is 5.06. The Bertz CT molecular complexity index is 483. The highest BCUT2D eigenvalue weighted by molar-refractivity contribution is 6.35. The van der Waals surface area contributed by atoms with Gasteiger partial charge in [0.2, 0.25) is 0 Å². The molecule has 1 unspecified atom stereocenters. The average molecular weight is 294 g/mol. The van der Waals surface area contributed by atoms with Crippen LogP contribution in [-0.4, -0.2) is 42.7 Å². The summed E-state index contributed by atoms with van der Waals surface area (Å²) in [4.78, 5) is 22.7. The van der Waals surface area contributed by atoms with Crippen molar-refractivity contribution in [2.45, 2.75) is 25.9 Å². The third kappa shape index (κ3) is 5.83. The van der Waals surface area contributed by atoms with Crippen LogP contribution in [0.15, 0.2) is 24.3 Å². The average Bonchev–Trinajstić information content (AvgIpc) is 2.45. The summed E-state index contributed by atoms with van der Waals surface area (Å²) in [5.41, 5.74) is -0.232. The first kappa shape index (κ1) is 17.0. The third-order valence-corrected chi connectivity index (χ3v) is 2.92. The number of benzene rings is 1. The molecule has 21 heavy (non-hydrogen) atoms. The Kier molecular flexibility index (Phi) is 6.17.